The largest absolute Gasteiger partial charge is 0.397 e. The smallest absolute Gasteiger partial charge is 0.266 e. The summed E-state index contributed by atoms with van der Waals surface area (Å²) in [5.74, 6) is 0.428. The molecule has 1 aliphatic rings. The Morgan fingerprint density at radius 1 is 1.45 bits per heavy atom. The number of nitrogens with one attached hydrogen (secondary N) is 1. The van der Waals surface area contributed by atoms with E-state index in [0.29, 0.717) is 30.4 Å². The van der Waals surface area contributed by atoms with Gasteiger partial charge in [-0.3, -0.25) is 4.79 Å². The highest BCUT2D eigenvalue weighted by Gasteiger charge is 2.22. The molecule has 2 rings (SSSR count). The van der Waals surface area contributed by atoms with Crippen molar-refractivity contribution in [1.82, 2.24) is 4.90 Å². The van der Waals surface area contributed by atoms with E-state index in [0.717, 1.165) is 18.4 Å². The lowest BCUT2D eigenvalue weighted by molar-refractivity contribution is -0.128. The maximum absolute atomic E-state index is 12.4. The summed E-state index contributed by atoms with van der Waals surface area (Å²) in [6.45, 7) is 5.57. The summed E-state index contributed by atoms with van der Waals surface area (Å²) in [5, 5.41) is 12.2. The number of carbonyl (C=O) groups excluding carboxylic acids is 1. The summed E-state index contributed by atoms with van der Waals surface area (Å²) < 4.78 is 0. The maximum atomic E-state index is 12.4. The molecule has 5 heteroatoms. The van der Waals surface area contributed by atoms with E-state index in [1.165, 1.54) is 6.20 Å². The zero-order valence-electron chi connectivity index (χ0n) is 13.1. The van der Waals surface area contributed by atoms with Gasteiger partial charge >= 0.3 is 0 Å². The van der Waals surface area contributed by atoms with Gasteiger partial charge < -0.3 is 16.0 Å². The lowest BCUT2D eigenvalue weighted by Gasteiger charge is -2.30. The van der Waals surface area contributed by atoms with E-state index >= 15 is 0 Å². The third-order valence-electron chi connectivity index (χ3n) is 4.00. The Balaban J connectivity index is 2.09. The first kappa shape index (κ1) is 15.9. The van der Waals surface area contributed by atoms with Gasteiger partial charge in [0, 0.05) is 19.3 Å². The number of nitrogens with zero attached hydrogens (tertiary/aromatic N) is 2. The van der Waals surface area contributed by atoms with Crippen molar-refractivity contribution in [2.24, 2.45) is 5.92 Å². The zero-order valence-corrected chi connectivity index (χ0v) is 13.1. The number of nitrogen functional groups attached to an aromatic ring is 1. The van der Waals surface area contributed by atoms with Crippen molar-refractivity contribution in [1.29, 1.82) is 5.26 Å². The first-order valence-corrected chi connectivity index (χ1v) is 7.53. The Labute approximate surface area is 131 Å². The van der Waals surface area contributed by atoms with Crippen LogP contribution in [0.5, 0.6) is 0 Å². The molecule has 3 N–H and O–H groups in total. The van der Waals surface area contributed by atoms with Gasteiger partial charge in [0.05, 0.1) is 11.4 Å². The molecule has 0 atom stereocenters. The normalized spacial score (nSPS) is 16.2. The zero-order chi connectivity index (χ0) is 16.1. The van der Waals surface area contributed by atoms with Gasteiger partial charge in [0.15, 0.2) is 0 Å². The molecule has 1 amide bonds. The number of amides is 1. The quantitative estimate of drug-likeness (QED) is 0.510. The molecule has 0 spiro atoms. The molecule has 1 heterocycles. The number of rotatable bonds is 3. The lowest BCUT2D eigenvalue weighted by Crippen LogP contribution is -2.38. The number of carbonyl (C=O) groups is 1. The Bertz CT molecular complexity index is 622. The van der Waals surface area contributed by atoms with Crippen LogP contribution in [0.3, 0.4) is 0 Å². The molecule has 5 nitrogen and oxygen atoms in total. The van der Waals surface area contributed by atoms with Crippen LogP contribution >= 0.6 is 0 Å². The maximum Gasteiger partial charge on any atom is 0.266 e. The minimum Gasteiger partial charge on any atom is -0.397 e. The van der Waals surface area contributed by atoms with Gasteiger partial charge in [0.1, 0.15) is 11.6 Å². The highest BCUT2D eigenvalue weighted by molar-refractivity contribution is 5.97. The number of hydrogen-bond donors (Lipinski definition) is 2. The van der Waals surface area contributed by atoms with Crippen LogP contribution in [0.1, 0.15) is 25.3 Å². The molecule has 0 bridgehead atoms. The summed E-state index contributed by atoms with van der Waals surface area (Å²) in [6.07, 6.45) is 3.43. The van der Waals surface area contributed by atoms with Crippen LogP contribution in [0.4, 0.5) is 11.4 Å². The highest BCUT2D eigenvalue weighted by Crippen LogP contribution is 2.21. The van der Waals surface area contributed by atoms with Crippen molar-refractivity contribution < 1.29 is 4.79 Å². The van der Waals surface area contributed by atoms with Crippen molar-refractivity contribution in [3.05, 3.63) is 35.5 Å². The van der Waals surface area contributed by atoms with Crippen molar-refractivity contribution >= 4 is 17.3 Å². The van der Waals surface area contributed by atoms with E-state index in [2.05, 4.69) is 12.2 Å². The minimum absolute atomic E-state index is 0.107. The molecule has 1 aromatic rings. The minimum atomic E-state index is -0.215. The van der Waals surface area contributed by atoms with E-state index in [9.17, 15) is 10.1 Å². The van der Waals surface area contributed by atoms with E-state index in [1.54, 1.807) is 11.0 Å². The van der Waals surface area contributed by atoms with Gasteiger partial charge in [-0.2, -0.15) is 5.26 Å². The SMILES string of the molecule is Cc1ccc(N)c(N/C=C(/C#N)C(=O)N2CCC(C)CC2)c1. The molecule has 116 valence electrons. The fourth-order valence-electron chi connectivity index (χ4n) is 2.47. The highest BCUT2D eigenvalue weighted by atomic mass is 16.2. The van der Waals surface area contributed by atoms with Crippen LogP contribution in [0, 0.1) is 24.2 Å². The Hall–Kier alpha value is -2.48. The van der Waals surface area contributed by atoms with Crippen LogP contribution < -0.4 is 11.1 Å². The van der Waals surface area contributed by atoms with Gasteiger partial charge in [-0.05, 0) is 43.4 Å². The number of hydrogen-bond acceptors (Lipinski definition) is 4. The third-order valence-corrected chi connectivity index (χ3v) is 4.00. The molecule has 1 aliphatic heterocycles. The first-order valence-electron chi connectivity index (χ1n) is 7.53. The molecular weight excluding hydrogens is 276 g/mol. The number of aryl methyl sites for hydroxylation is 1. The van der Waals surface area contributed by atoms with Crippen LogP contribution in [-0.2, 0) is 4.79 Å². The van der Waals surface area contributed by atoms with Gasteiger partial charge in [-0.1, -0.05) is 13.0 Å². The molecule has 0 aliphatic carbocycles. The second-order valence-electron chi connectivity index (χ2n) is 5.88. The second kappa shape index (κ2) is 6.99. The molecule has 0 unspecified atom stereocenters. The Morgan fingerprint density at radius 3 is 2.77 bits per heavy atom. The summed E-state index contributed by atoms with van der Waals surface area (Å²) in [6, 6.07) is 7.57. The Kier molecular flexibility index (Phi) is 5.05. The number of benzene rings is 1. The number of likely N-dealkylation sites (tertiary alicyclic amines) is 1. The summed E-state index contributed by atoms with van der Waals surface area (Å²) in [5.41, 5.74) is 8.33. The first-order chi connectivity index (χ1) is 10.5. The molecule has 0 aromatic heterocycles. The Morgan fingerprint density at radius 2 is 2.14 bits per heavy atom. The van der Waals surface area contributed by atoms with Crippen LogP contribution in [0.15, 0.2) is 30.0 Å². The lowest BCUT2D eigenvalue weighted by atomic mass is 9.99. The molecule has 0 radical (unpaired) electrons. The average Bonchev–Trinajstić information content (AvgIpc) is 2.51. The average molecular weight is 298 g/mol. The van der Waals surface area contributed by atoms with Crippen molar-refractivity contribution in [2.75, 3.05) is 24.1 Å². The molecule has 0 saturated carbocycles. The fraction of sp³-hybridized carbons (Fsp3) is 0.412. The van der Waals surface area contributed by atoms with Crippen LogP contribution in [0.2, 0.25) is 0 Å². The van der Waals surface area contributed by atoms with Crippen molar-refractivity contribution in [3.8, 4) is 6.07 Å². The van der Waals surface area contributed by atoms with E-state index < -0.39 is 0 Å². The summed E-state index contributed by atoms with van der Waals surface area (Å²) in [7, 11) is 0. The number of nitriles is 1. The van der Waals surface area contributed by atoms with Gasteiger partial charge in [-0.15, -0.1) is 0 Å². The van der Waals surface area contributed by atoms with E-state index in [4.69, 9.17) is 5.73 Å². The molecule has 1 saturated heterocycles. The van der Waals surface area contributed by atoms with Crippen molar-refractivity contribution in [3.63, 3.8) is 0 Å². The number of nitrogens with two attached hydrogens (primary N) is 1. The van der Waals surface area contributed by atoms with Crippen LogP contribution in [0.25, 0.3) is 0 Å². The third kappa shape index (κ3) is 3.79. The topological polar surface area (TPSA) is 82.1 Å². The van der Waals surface area contributed by atoms with E-state index in [-0.39, 0.29) is 11.5 Å². The van der Waals surface area contributed by atoms with Crippen LogP contribution in [-0.4, -0.2) is 23.9 Å². The molecule has 1 fully saturated rings. The molecule has 22 heavy (non-hydrogen) atoms. The predicted molar refractivity (Wildman–Crippen MR) is 87.9 cm³/mol. The monoisotopic (exact) mass is 298 g/mol. The van der Waals surface area contributed by atoms with Gasteiger partial charge in [0.2, 0.25) is 0 Å². The summed E-state index contributed by atoms with van der Waals surface area (Å²) in [4.78, 5) is 14.1. The number of anilines is 2. The summed E-state index contributed by atoms with van der Waals surface area (Å²) >= 11 is 0. The van der Waals surface area contributed by atoms with Crippen molar-refractivity contribution in [2.45, 2.75) is 26.7 Å². The second-order valence-corrected chi connectivity index (χ2v) is 5.88. The standard InChI is InChI=1S/C17H22N4O/c1-12-5-7-21(8-6-12)17(22)14(10-18)11-20-16-9-13(2)3-4-15(16)19/h3-4,9,11-12,20H,5-8,19H2,1-2H3/b14-11-. The van der Waals surface area contributed by atoms with Gasteiger partial charge in [0.25, 0.3) is 5.91 Å². The fourth-order valence-corrected chi connectivity index (χ4v) is 2.47. The number of piperidine rings is 1. The van der Waals surface area contributed by atoms with E-state index in [1.807, 2.05) is 25.1 Å². The predicted octanol–water partition coefficient (Wildman–Crippen LogP) is 2.66. The molecular formula is C17H22N4O. The molecule has 1 aromatic carbocycles. The van der Waals surface area contributed by atoms with Gasteiger partial charge in [-0.25, -0.2) is 0 Å².